The molecule has 12 heteroatoms. The number of carbonyl (C=O) groups is 1. The number of hydrogen-bond donors (Lipinski definition) is 4. The summed E-state index contributed by atoms with van der Waals surface area (Å²) in [7, 11) is -4.15. The van der Waals surface area contributed by atoms with E-state index >= 15 is 0 Å². The minimum atomic E-state index is -4.60. The van der Waals surface area contributed by atoms with Gasteiger partial charge in [-0.15, -0.1) is 0 Å². The zero-order valence-corrected chi connectivity index (χ0v) is 16.6. The van der Waals surface area contributed by atoms with Gasteiger partial charge in [0.1, 0.15) is 0 Å². The lowest BCUT2D eigenvalue weighted by atomic mass is 10.2. The predicted octanol–water partition coefficient (Wildman–Crippen LogP) is 2.64. The molecule has 2 rings (SSSR count). The molecule has 0 saturated carbocycles. The maximum atomic E-state index is 12.8. The van der Waals surface area contributed by atoms with E-state index in [-0.39, 0.29) is 21.3 Å². The molecule has 7 nitrogen and oxygen atoms in total. The Balaban J connectivity index is 2.10. The number of benzene rings is 2. The van der Waals surface area contributed by atoms with E-state index in [1.807, 2.05) is 6.92 Å². The molecule has 4 N–H and O–H groups in total. The highest BCUT2D eigenvalue weighted by Gasteiger charge is 2.30. The molecule has 0 bridgehead atoms. The van der Waals surface area contributed by atoms with Gasteiger partial charge in [0.2, 0.25) is 0 Å². The first kappa shape index (κ1) is 22.4. The van der Waals surface area contributed by atoms with Gasteiger partial charge < -0.3 is 5.32 Å². The molecule has 0 spiro atoms. The third-order valence-electron chi connectivity index (χ3n) is 3.50. The quantitative estimate of drug-likeness (QED) is 0.416. The van der Waals surface area contributed by atoms with Crippen molar-refractivity contribution in [3.8, 4) is 0 Å². The van der Waals surface area contributed by atoms with Crippen LogP contribution in [0.2, 0.25) is 0 Å². The second kappa shape index (κ2) is 9.09. The summed E-state index contributed by atoms with van der Waals surface area (Å²) >= 11 is 4.89. The summed E-state index contributed by atoms with van der Waals surface area (Å²) in [5, 5.41) is 2.98. The maximum absolute atomic E-state index is 12.8. The average Bonchev–Trinajstić information content (AvgIpc) is 2.65. The van der Waals surface area contributed by atoms with E-state index in [4.69, 9.17) is 12.2 Å². The van der Waals surface area contributed by atoms with E-state index in [2.05, 4.69) is 20.9 Å². The first-order valence-corrected chi connectivity index (χ1v) is 10.1. The lowest BCUT2D eigenvalue weighted by Gasteiger charge is -2.12. The second-order valence-corrected chi connectivity index (χ2v) is 7.74. The molecule has 0 unspecified atom stereocenters. The second-order valence-electron chi connectivity index (χ2n) is 5.65. The van der Waals surface area contributed by atoms with Gasteiger partial charge in [-0.1, -0.05) is 6.07 Å². The fraction of sp³-hybridized carbons (Fsp3) is 0.176. The first-order valence-electron chi connectivity index (χ1n) is 8.17. The van der Waals surface area contributed by atoms with Gasteiger partial charge in [0.05, 0.1) is 10.5 Å². The van der Waals surface area contributed by atoms with Crippen molar-refractivity contribution in [1.29, 1.82) is 0 Å². The SMILES string of the molecule is CCNC(=S)NNC(=O)c1ccc(S(=O)(=O)Nc2cccc(C(F)(F)F)c2)cc1. The van der Waals surface area contributed by atoms with Crippen molar-refractivity contribution in [1.82, 2.24) is 16.2 Å². The Bertz CT molecular complexity index is 994. The Hall–Kier alpha value is -2.86. The summed E-state index contributed by atoms with van der Waals surface area (Å²) in [6.45, 7) is 2.38. The summed E-state index contributed by atoms with van der Waals surface area (Å²) in [6.07, 6.45) is -4.60. The van der Waals surface area contributed by atoms with Crippen molar-refractivity contribution < 1.29 is 26.4 Å². The van der Waals surface area contributed by atoms with E-state index < -0.39 is 27.7 Å². The highest BCUT2D eigenvalue weighted by molar-refractivity contribution is 7.92. The Labute approximate surface area is 170 Å². The van der Waals surface area contributed by atoms with Crippen LogP contribution in [0.5, 0.6) is 0 Å². The third-order valence-corrected chi connectivity index (χ3v) is 5.14. The van der Waals surface area contributed by atoms with Crippen LogP contribution in [0.4, 0.5) is 18.9 Å². The molecule has 0 aromatic heterocycles. The number of hydrazine groups is 1. The highest BCUT2D eigenvalue weighted by Crippen LogP contribution is 2.31. The van der Waals surface area contributed by atoms with E-state index in [0.717, 1.165) is 24.3 Å². The van der Waals surface area contributed by atoms with Crippen molar-refractivity contribution in [3.05, 3.63) is 59.7 Å². The maximum Gasteiger partial charge on any atom is 0.416 e. The number of alkyl halides is 3. The molecule has 0 aliphatic carbocycles. The molecule has 0 saturated heterocycles. The number of carbonyl (C=O) groups excluding carboxylic acids is 1. The molecule has 29 heavy (non-hydrogen) atoms. The number of amides is 1. The molecular formula is C17H17F3N4O3S2. The zero-order valence-electron chi connectivity index (χ0n) is 15.0. The summed E-state index contributed by atoms with van der Waals surface area (Å²) in [6, 6.07) is 8.66. The fourth-order valence-electron chi connectivity index (χ4n) is 2.15. The van der Waals surface area contributed by atoms with Crippen LogP contribution in [0.3, 0.4) is 0 Å². The first-order chi connectivity index (χ1) is 13.5. The molecule has 0 fully saturated rings. The minimum absolute atomic E-state index is 0.148. The lowest BCUT2D eigenvalue weighted by Crippen LogP contribution is -2.46. The Morgan fingerprint density at radius 2 is 1.72 bits per heavy atom. The predicted molar refractivity (Wildman–Crippen MR) is 106 cm³/mol. The standard InChI is InChI=1S/C17H17F3N4O3S2/c1-2-21-16(28)23-22-15(25)11-6-8-14(9-7-11)29(26,27)24-13-5-3-4-12(10-13)17(18,19)20/h3-10,24H,2H2,1H3,(H,22,25)(H2,21,23,28). The molecular weight excluding hydrogens is 429 g/mol. The molecule has 0 atom stereocenters. The fourth-order valence-corrected chi connectivity index (χ4v) is 3.39. The van der Waals surface area contributed by atoms with Crippen LogP contribution < -0.4 is 20.9 Å². The minimum Gasteiger partial charge on any atom is -0.362 e. The molecule has 0 aliphatic rings. The number of anilines is 1. The number of nitrogens with one attached hydrogen (secondary N) is 4. The van der Waals surface area contributed by atoms with Gasteiger partial charge in [-0.3, -0.25) is 20.4 Å². The van der Waals surface area contributed by atoms with Crippen molar-refractivity contribution >= 4 is 38.9 Å². The Morgan fingerprint density at radius 3 is 2.31 bits per heavy atom. The van der Waals surface area contributed by atoms with Crippen molar-refractivity contribution in [2.75, 3.05) is 11.3 Å². The van der Waals surface area contributed by atoms with E-state index in [0.29, 0.717) is 12.6 Å². The normalized spacial score (nSPS) is 11.4. The van der Waals surface area contributed by atoms with Gasteiger partial charge in [0, 0.05) is 17.8 Å². The van der Waals surface area contributed by atoms with Crippen LogP contribution in [-0.4, -0.2) is 26.0 Å². The van der Waals surface area contributed by atoms with Gasteiger partial charge in [0.25, 0.3) is 15.9 Å². The highest BCUT2D eigenvalue weighted by atomic mass is 32.2. The van der Waals surface area contributed by atoms with Crippen molar-refractivity contribution in [3.63, 3.8) is 0 Å². The number of rotatable bonds is 5. The number of thiocarbonyl (C=S) groups is 1. The van der Waals surface area contributed by atoms with Crippen molar-refractivity contribution in [2.45, 2.75) is 18.0 Å². The van der Waals surface area contributed by atoms with Crippen LogP contribution in [0.25, 0.3) is 0 Å². The third kappa shape index (κ3) is 6.32. The lowest BCUT2D eigenvalue weighted by molar-refractivity contribution is -0.137. The van der Waals surface area contributed by atoms with Crippen LogP contribution in [0.15, 0.2) is 53.4 Å². The van der Waals surface area contributed by atoms with Crippen molar-refractivity contribution in [2.24, 2.45) is 0 Å². The largest absolute Gasteiger partial charge is 0.416 e. The molecule has 0 aliphatic heterocycles. The van der Waals surface area contributed by atoms with E-state index in [1.54, 1.807) is 0 Å². The van der Waals surface area contributed by atoms with Crippen LogP contribution in [-0.2, 0) is 16.2 Å². The molecule has 0 radical (unpaired) electrons. The topological polar surface area (TPSA) is 99.3 Å². The number of hydrogen-bond acceptors (Lipinski definition) is 4. The van der Waals surface area contributed by atoms with E-state index in [9.17, 15) is 26.4 Å². The molecule has 1 amide bonds. The molecule has 2 aromatic rings. The summed E-state index contributed by atoms with van der Waals surface area (Å²) in [4.78, 5) is 11.8. The smallest absolute Gasteiger partial charge is 0.362 e. The van der Waals surface area contributed by atoms with Gasteiger partial charge in [-0.05, 0) is 61.6 Å². The van der Waals surface area contributed by atoms with E-state index in [1.165, 1.54) is 18.2 Å². The summed E-state index contributed by atoms with van der Waals surface area (Å²) in [5.41, 5.74) is 3.75. The molecule has 156 valence electrons. The van der Waals surface area contributed by atoms with Gasteiger partial charge >= 0.3 is 6.18 Å². The van der Waals surface area contributed by atoms with Gasteiger partial charge in [-0.2, -0.15) is 13.2 Å². The van der Waals surface area contributed by atoms with Crippen LogP contribution in [0.1, 0.15) is 22.8 Å². The molecule has 2 aromatic carbocycles. The average molecular weight is 446 g/mol. The number of sulfonamides is 1. The summed E-state index contributed by atoms with van der Waals surface area (Å²) in [5.74, 6) is -0.556. The Morgan fingerprint density at radius 1 is 1.07 bits per heavy atom. The monoisotopic (exact) mass is 446 g/mol. The summed E-state index contributed by atoms with van der Waals surface area (Å²) < 4.78 is 65.2. The van der Waals surface area contributed by atoms with Gasteiger partial charge in [-0.25, -0.2) is 8.42 Å². The molecule has 0 heterocycles. The zero-order chi connectivity index (χ0) is 21.7. The van der Waals surface area contributed by atoms with Gasteiger partial charge in [0.15, 0.2) is 5.11 Å². The Kier molecular flexibility index (Phi) is 7.03. The number of halogens is 3. The van der Waals surface area contributed by atoms with Crippen LogP contribution >= 0.6 is 12.2 Å². The van der Waals surface area contributed by atoms with Crippen LogP contribution in [0, 0.1) is 0 Å².